The van der Waals surface area contributed by atoms with Crippen molar-refractivity contribution in [3.8, 4) is 0 Å². The van der Waals surface area contributed by atoms with Crippen molar-refractivity contribution >= 4 is 29.7 Å². The van der Waals surface area contributed by atoms with Crippen LogP contribution in [0.4, 0.5) is 11.4 Å². The number of hydrogen-bond donors (Lipinski definition) is 3. The second kappa shape index (κ2) is 6.18. The average molecular weight is 309 g/mol. The Morgan fingerprint density at radius 3 is 2.52 bits per heavy atom. The maximum Gasteiger partial charge on any atom is 0.276 e. The molecule has 2 rings (SSSR count). The van der Waals surface area contributed by atoms with Crippen molar-refractivity contribution in [2.24, 2.45) is 0 Å². The predicted octanol–water partition coefficient (Wildman–Crippen LogP) is 3.27. The molecule has 1 amide bonds. The van der Waals surface area contributed by atoms with Crippen LogP contribution < -0.4 is 11.1 Å². The minimum Gasteiger partial charge on any atom is -0.399 e. The molecule has 4 N–H and O–H groups in total. The highest BCUT2D eigenvalue weighted by molar-refractivity contribution is 6.03. The lowest BCUT2D eigenvalue weighted by atomic mass is 9.92. The van der Waals surface area contributed by atoms with Gasteiger partial charge in [-0.2, -0.15) is 5.10 Å². The Morgan fingerprint density at radius 2 is 1.95 bits per heavy atom. The lowest BCUT2D eigenvalue weighted by molar-refractivity contribution is 0.102. The molecule has 0 radical (unpaired) electrons. The van der Waals surface area contributed by atoms with Gasteiger partial charge in [0.25, 0.3) is 5.91 Å². The zero-order valence-electron chi connectivity index (χ0n) is 12.7. The molecule has 1 heterocycles. The van der Waals surface area contributed by atoms with Crippen LogP contribution >= 0.6 is 12.4 Å². The van der Waals surface area contributed by atoms with Crippen LogP contribution in [-0.2, 0) is 5.41 Å². The number of nitrogens with two attached hydrogens (primary N) is 1. The number of carbonyl (C=O) groups is 1. The molecule has 0 unspecified atom stereocenters. The van der Waals surface area contributed by atoms with Gasteiger partial charge in [0.05, 0.1) is 0 Å². The van der Waals surface area contributed by atoms with Crippen LogP contribution in [0.15, 0.2) is 24.3 Å². The summed E-state index contributed by atoms with van der Waals surface area (Å²) in [5, 5.41) is 9.80. The Kier molecular flexibility index (Phi) is 5.01. The Bertz CT molecular complexity index is 643. The molecule has 0 saturated carbocycles. The molecule has 0 spiro atoms. The van der Waals surface area contributed by atoms with Crippen LogP contribution in [0.5, 0.6) is 0 Å². The van der Waals surface area contributed by atoms with E-state index in [4.69, 9.17) is 5.73 Å². The highest BCUT2D eigenvalue weighted by Gasteiger charge is 2.19. The van der Waals surface area contributed by atoms with E-state index < -0.39 is 0 Å². The van der Waals surface area contributed by atoms with E-state index in [1.54, 1.807) is 18.2 Å². The Labute approximate surface area is 130 Å². The van der Waals surface area contributed by atoms with Gasteiger partial charge in [-0.15, -0.1) is 12.4 Å². The van der Waals surface area contributed by atoms with E-state index in [1.165, 1.54) is 0 Å². The van der Waals surface area contributed by atoms with E-state index >= 15 is 0 Å². The Morgan fingerprint density at radius 1 is 1.29 bits per heavy atom. The summed E-state index contributed by atoms with van der Waals surface area (Å²) in [4.78, 5) is 12.2. The first-order valence-electron chi connectivity index (χ1n) is 6.51. The number of hydrogen-bond acceptors (Lipinski definition) is 3. The van der Waals surface area contributed by atoms with Crippen LogP contribution in [0.3, 0.4) is 0 Å². The number of amides is 1. The number of carbonyl (C=O) groups excluding carboxylic acids is 1. The molecule has 114 valence electrons. The number of rotatable bonds is 2. The Hall–Kier alpha value is -2.01. The number of aryl methyl sites for hydroxylation is 1. The summed E-state index contributed by atoms with van der Waals surface area (Å²) in [6, 6.07) is 7.19. The van der Waals surface area contributed by atoms with Crippen molar-refractivity contribution in [2.45, 2.75) is 33.1 Å². The number of anilines is 2. The molecule has 0 aliphatic carbocycles. The van der Waals surface area contributed by atoms with Crippen LogP contribution in [0.2, 0.25) is 0 Å². The number of halogens is 1. The Balaban J connectivity index is 0.00000220. The third kappa shape index (κ3) is 3.98. The number of H-pyrrole nitrogens is 1. The van der Waals surface area contributed by atoms with E-state index in [2.05, 4.69) is 36.3 Å². The molecular formula is C15H21ClN4O. The lowest BCUT2D eigenvalue weighted by Crippen LogP contribution is -2.14. The van der Waals surface area contributed by atoms with Gasteiger partial charge in [0.2, 0.25) is 0 Å². The fourth-order valence-electron chi connectivity index (χ4n) is 1.78. The second-order valence-electron chi connectivity index (χ2n) is 5.95. The molecule has 1 aromatic heterocycles. The molecule has 2 aromatic rings. The van der Waals surface area contributed by atoms with Crippen LogP contribution in [0.25, 0.3) is 0 Å². The van der Waals surface area contributed by atoms with Gasteiger partial charge in [-0.05, 0) is 30.7 Å². The summed E-state index contributed by atoms with van der Waals surface area (Å²) in [6.07, 6.45) is 0. The zero-order chi connectivity index (χ0) is 14.9. The maximum atomic E-state index is 12.2. The second-order valence-corrected chi connectivity index (χ2v) is 5.95. The first kappa shape index (κ1) is 17.0. The van der Waals surface area contributed by atoms with Gasteiger partial charge in [0.1, 0.15) is 0 Å². The van der Waals surface area contributed by atoms with Crippen molar-refractivity contribution in [3.05, 3.63) is 41.2 Å². The molecule has 0 saturated heterocycles. The fourth-order valence-corrected chi connectivity index (χ4v) is 1.78. The first-order valence-corrected chi connectivity index (χ1v) is 6.51. The molecule has 0 bridgehead atoms. The maximum absolute atomic E-state index is 12.2. The van der Waals surface area contributed by atoms with E-state index in [0.29, 0.717) is 17.1 Å². The van der Waals surface area contributed by atoms with Gasteiger partial charge in [-0.1, -0.05) is 26.8 Å². The number of nitrogen functional groups attached to an aromatic ring is 1. The van der Waals surface area contributed by atoms with Crippen molar-refractivity contribution in [3.63, 3.8) is 0 Å². The summed E-state index contributed by atoms with van der Waals surface area (Å²) >= 11 is 0. The van der Waals surface area contributed by atoms with Crippen molar-refractivity contribution in [1.82, 2.24) is 10.2 Å². The number of nitrogens with one attached hydrogen (secondary N) is 2. The monoisotopic (exact) mass is 308 g/mol. The summed E-state index contributed by atoms with van der Waals surface area (Å²) in [5.74, 6) is -0.245. The van der Waals surface area contributed by atoms with Gasteiger partial charge in [-0.25, -0.2) is 0 Å². The summed E-state index contributed by atoms with van der Waals surface area (Å²) in [6.45, 7) is 8.10. The molecule has 5 nitrogen and oxygen atoms in total. The molecule has 0 aliphatic rings. The molecular weight excluding hydrogens is 288 g/mol. The SMILES string of the molecule is Cc1ccc(N)cc1NC(=O)c1cc(C(C)(C)C)[nH]n1.Cl. The van der Waals surface area contributed by atoms with Crippen LogP contribution in [-0.4, -0.2) is 16.1 Å². The van der Waals surface area contributed by atoms with Crippen LogP contribution in [0, 0.1) is 6.92 Å². The molecule has 0 fully saturated rings. The number of aromatic nitrogens is 2. The van der Waals surface area contributed by atoms with Gasteiger partial charge in [0, 0.05) is 22.5 Å². The van der Waals surface area contributed by atoms with E-state index in [9.17, 15) is 4.79 Å². The van der Waals surface area contributed by atoms with Gasteiger partial charge in [-0.3, -0.25) is 9.89 Å². The largest absolute Gasteiger partial charge is 0.399 e. The van der Waals surface area contributed by atoms with Crippen molar-refractivity contribution in [1.29, 1.82) is 0 Å². The predicted molar refractivity (Wildman–Crippen MR) is 88.1 cm³/mol. The summed E-state index contributed by atoms with van der Waals surface area (Å²) < 4.78 is 0. The van der Waals surface area contributed by atoms with E-state index in [1.807, 2.05) is 13.0 Å². The molecule has 6 heteroatoms. The highest BCUT2D eigenvalue weighted by Crippen LogP contribution is 2.22. The topological polar surface area (TPSA) is 83.8 Å². The standard InChI is InChI=1S/C15H20N4O.ClH/c1-9-5-6-10(16)7-11(9)17-14(20)12-8-13(19-18-12)15(2,3)4;/h5-8H,16H2,1-4H3,(H,17,20)(H,18,19);1H. The minimum atomic E-state index is -0.245. The number of nitrogens with zero attached hydrogens (tertiary/aromatic N) is 1. The molecule has 0 aliphatic heterocycles. The molecule has 1 aromatic carbocycles. The zero-order valence-corrected chi connectivity index (χ0v) is 13.5. The van der Waals surface area contributed by atoms with Crippen LogP contribution in [0.1, 0.15) is 42.5 Å². The number of aromatic amines is 1. The molecule has 21 heavy (non-hydrogen) atoms. The normalized spacial score (nSPS) is 10.9. The van der Waals surface area contributed by atoms with Crippen molar-refractivity contribution < 1.29 is 4.79 Å². The van der Waals surface area contributed by atoms with Crippen molar-refractivity contribution in [2.75, 3.05) is 11.1 Å². The van der Waals surface area contributed by atoms with E-state index in [0.717, 1.165) is 11.3 Å². The van der Waals surface area contributed by atoms with Gasteiger partial charge >= 0.3 is 0 Å². The van der Waals surface area contributed by atoms with Gasteiger partial charge in [0.15, 0.2) is 5.69 Å². The first-order chi connectivity index (χ1) is 9.27. The average Bonchev–Trinajstić information content (AvgIpc) is 2.83. The molecule has 0 atom stereocenters. The van der Waals surface area contributed by atoms with E-state index in [-0.39, 0.29) is 23.7 Å². The fraction of sp³-hybridized carbons (Fsp3) is 0.333. The number of benzene rings is 1. The lowest BCUT2D eigenvalue weighted by Gasteiger charge is -2.14. The van der Waals surface area contributed by atoms with Gasteiger partial charge < -0.3 is 11.1 Å². The third-order valence-electron chi connectivity index (χ3n) is 3.13. The summed E-state index contributed by atoms with van der Waals surface area (Å²) in [5.41, 5.74) is 9.23. The highest BCUT2D eigenvalue weighted by atomic mass is 35.5. The quantitative estimate of drug-likeness (QED) is 0.744. The third-order valence-corrected chi connectivity index (χ3v) is 3.13. The smallest absolute Gasteiger partial charge is 0.276 e. The minimum absolute atomic E-state index is 0. The summed E-state index contributed by atoms with van der Waals surface area (Å²) in [7, 11) is 0.